The molecule has 2 aromatic carbocycles. The first-order valence-electron chi connectivity index (χ1n) is 9.35. The fraction of sp³-hybridized carbons (Fsp3) is 0.286. The van der Waals surface area contributed by atoms with Gasteiger partial charge in [-0.2, -0.15) is 0 Å². The zero-order chi connectivity index (χ0) is 22.9. The molecule has 0 aliphatic carbocycles. The van der Waals surface area contributed by atoms with Crippen LogP contribution in [0.5, 0.6) is 5.75 Å². The van der Waals surface area contributed by atoms with Crippen LogP contribution in [0.1, 0.15) is 13.3 Å². The highest BCUT2D eigenvalue weighted by atomic mass is 35.7. The van der Waals surface area contributed by atoms with Crippen LogP contribution in [0.4, 0.5) is 0 Å². The Balaban J connectivity index is 0.000000614. The van der Waals surface area contributed by atoms with Crippen molar-refractivity contribution >= 4 is 22.6 Å². The number of methoxy groups -OCH3 is 1. The molecule has 0 saturated carbocycles. The lowest BCUT2D eigenvalue weighted by Crippen LogP contribution is -2.76. The van der Waals surface area contributed by atoms with Crippen molar-refractivity contribution in [1.29, 1.82) is 0 Å². The van der Waals surface area contributed by atoms with Crippen LogP contribution >= 0.6 is 11.6 Å². The Hall–Kier alpha value is -2.17. The van der Waals surface area contributed by atoms with E-state index in [1.807, 2.05) is 55.5 Å². The van der Waals surface area contributed by atoms with Crippen LogP contribution in [-0.4, -0.2) is 26.9 Å². The fourth-order valence-electron chi connectivity index (χ4n) is 2.74. The molecule has 3 rings (SSSR count). The number of hydrogen-bond acceptors (Lipinski definition) is 7. The summed E-state index contributed by atoms with van der Waals surface area (Å²) in [4.78, 5) is 3.48. The van der Waals surface area contributed by atoms with E-state index in [2.05, 4.69) is 4.99 Å². The van der Waals surface area contributed by atoms with E-state index in [9.17, 15) is 0 Å². The van der Waals surface area contributed by atoms with Gasteiger partial charge in [0, 0.05) is 23.6 Å². The van der Waals surface area contributed by atoms with Gasteiger partial charge in [0.2, 0.25) is 5.36 Å². The van der Waals surface area contributed by atoms with Crippen LogP contribution in [-0.2, 0) is 4.74 Å². The summed E-state index contributed by atoms with van der Waals surface area (Å²) in [5, 5.41) is 2.64. The van der Waals surface area contributed by atoms with Gasteiger partial charge < -0.3 is 13.9 Å². The first-order valence-corrected chi connectivity index (χ1v) is 11.0. The lowest BCUT2D eigenvalue weighted by molar-refractivity contribution is -2.00. The number of rotatable bonds is 7. The summed E-state index contributed by atoms with van der Waals surface area (Å²) in [7, 11) is -3.29. The van der Waals surface area contributed by atoms with Crippen molar-refractivity contribution < 1.29 is 47.8 Å². The average molecular weight is 472 g/mol. The molecule has 0 radical (unpaired) electrons. The van der Waals surface area contributed by atoms with E-state index >= 15 is 0 Å². The summed E-state index contributed by atoms with van der Waals surface area (Å²) >= 11 is 6.18. The zero-order valence-electron chi connectivity index (χ0n) is 17.1. The molecule has 0 aliphatic rings. The Labute approximate surface area is 186 Å². The molecule has 0 aliphatic heterocycles. The minimum absolute atomic E-state index is 0.683. The van der Waals surface area contributed by atoms with E-state index in [1.54, 1.807) is 7.11 Å². The van der Waals surface area contributed by atoms with E-state index in [0.717, 1.165) is 59.6 Å². The van der Waals surface area contributed by atoms with E-state index in [0.29, 0.717) is 5.02 Å². The predicted octanol–water partition coefficient (Wildman–Crippen LogP) is -1.59. The molecular weight excluding hydrogens is 449 g/mol. The van der Waals surface area contributed by atoms with Crippen LogP contribution in [0.3, 0.4) is 0 Å². The Morgan fingerprint density at radius 1 is 1.03 bits per heavy atom. The van der Waals surface area contributed by atoms with Crippen LogP contribution in [0.15, 0.2) is 52.9 Å². The van der Waals surface area contributed by atoms with Gasteiger partial charge in [0.25, 0.3) is 0 Å². The SMILES string of the molecule is CCOCCC[NH+]=c1cc(-c2ccc(OC)cc2)oc2ccc(Cl)cc12.[O-][Cl+3]([O-])([O-])[O-]. The molecule has 0 spiro atoms. The highest BCUT2D eigenvalue weighted by Gasteiger charge is 2.10. The van der Waals surface area contributed by atoms with Crippen molar-refractivity contribution in [2.45, 2.75) is 13.3 Å². The molecule has 3 aromatic rings. The molecule has 0 amide bonds. The highest BCUT2D eigenvalue weighted by molar-refractivity contribution is 6.31. The van der Waals surface area contributed by atoms with E-state index in [1.165, 1.54) is 0 Å². The first kappa shape index (κ1) is 25.1. The quantitative estimate of drug-likeness (QED) is 0.410. The monoisotopic (exact) mass is 471 g/mol. The third kappa shape index (κ3) is 8.84. The van der Waals surface area contributed by atoms with Crippen LogP contribution < -0.4 is 33.7 Å². The summed E-state index contributed by atoms with van der Waals surface area (Å²) in [6.07, 6.45) is 0.930. The first-order chi connectivity index (χ1) is 14.7. The lowest BCUT2D eigenvalue weighted by Gasteiger charge is -2.17. The van der Waals surface area contributed by atoms with Crippen molar-refractivity contribution in [2.24, 2.45) is 0 Å². The predicted molar refractivity (Wildman–Crippen MR) is 103 cm³/mol. The Morgan fingerprint density at radius 3 is 2.32 bits per heavy atom. The van der Waals surface area contributed by atoms with Gasteiger partial charge in [-0.15, -0.1) is 10.2 Å². The third-order valence-corrected chi connectivity index (χ3v) is 4.32. The second-order valence-corrected chi connectivity index (χ2v) is 7.44. The molecule has 168 valence electrons. The van der Waals surface area contributed by atoms with Gasteiger partial charge in [0.1, 0.15) is 23.6 Å². The minimum atomic E-state index is -4.94. The number of fused-ring (bicyclic) bond motifs is 1. The Kier molecular flexibility index (Phi) is 9.73. The van der Waals surface area contributed by atoms with Gasteiger partial charge >= 0.3 is 0 Å². The highest BCUT2D eigenvalue weighted by Crippen LogP contribution is 2.25. The largest absolute Gasteiger partial charge is 0.497 e. The van der Waals surface area contributed by atoms with Crippen molar-refractivity contribution in [2.75, 3.05) is 26.9 Å². The van der Waals surface area contributed by atoms with Gasteiger partial charge in [-0.1, -0.05) is 11.6 Å². The summed E-state index contributed by atoms with van der Waals surface area (Å²) in [6.45, 7) is 4.30. The summed E-state index contributed by atoms with van der Waals surface area (Å²) in [5.41, 5.74) is 1.77. The zero-order valence-corrected chi connectivity index (χ0v) is 18.6. The van der Waals surface area contributed by atoms with Crippen LogP contribution in [0, 0.1) is 10.2 Å². The normalized spacial score (nSPS) is 11.9. The molecule has 1 N–H and O–H groups in total. The van der Waals surface area contributed by atoms with Gasteiger partial charge in [0.15, 0.2) is 0 Å². The Morgan fingerprint density at radius 2 is 1.71 bits per heavy atom. The van der Waals surface area contributed by atoms with Crippen molar-refractivity contribution in [3.63, 3.8) is 0 Å². The summed E-state index contributed by atoms with van der Waals surface area (Å²) < 4.78 is 50.7. The van der Waals surface area contributed by atoms with E-state index in [4.69, 9.17) is 44.1 Å². The van der Waals surface area contributed by atoms with E-state index < -0.39 is 10.2 Å². The third-order valence-electron chi connectivity index (χ3n) is 4.09. The number of nitrogens with one attached hydrogen (secondary N) is 1. The molecule has 8 nitrogen and oxygen atoms in total. The topological polar surface area (TPSA) is 138 Å². The van der Waals surface area contributed by atoms with Crippen LogP contribution in [0.2, 0.25) is 5.02 Å². The smallest absolute Gasteiger partial charge is 0.213 e. The van der Waals surface area contributed by atoms with E-state index in [-0.39, 0.29) is 0 Å². The molecule has 0 fully saturated rings. The summed E-state index contributed by atoms with van der Waals surface area (Å²) in [5.74, 6) is 1.60. The second-order valence-electron chi connectivity index (χ2n) is 6.25. The molecule has 0 atom stereocenters. The maximum atomic E-state index is 8.49. The lowest BCUT2D eigenvalue weighted by atomic mass is 10.1. The van der Waals surface area contributed by atoms with Crippen molar-refractivity contribution in [1.82, 2.24) is 0 Å². The molecule has 1 aromatic heterocycles. The molecule has 31 heavy (non-hydrogen) atoms. The average Bonchev–Trinajstić information content (AvgIpc) is 2.72. The van der Waals surface area contributed by atoms with Crippen LogP contribution in [0.25, 0.3) is 22.3 Å². The fourth-order valence-corrected chi connectivity index (χ4v) is 2.92. The van der Waals surface area contributed by atoms with Gasteiger partial charge in [0.05, 0.1) is 25.2 Å². The maximum Gasteiger partial charge on any atom is 0.213 e. The minimum Gasteiger partial charge on any atom is -0.497 e. The molecule has 0 unspecified atom stereocenters. The molecular formula is C21H23Cl2NO7. The number of benzene rings is 2. The number of hydrogen-bond donors (Lipinski definition) is 1. The second kappa shape index (κ2) is 12.0. The number of halogens is 2. The van der Waals surface area contributed by atoms with Gasteiger partial charge in [-0.3, -0.25) is 0 Å². The molecule has 0 bridgehead atoms. The standard InChI is InChI=1S/C21H22ClNO3.ClHO4/c1-3-25-12-4-11-23-19-14-21(15-5-8-17(24-2)9-6-15)26-20-10-7-16(22)13-18(19)20;2-1(3,4)5/h5-10,13-14H,3-4,11-12H2,1-2H3;(H,2,3,4,5). The van der Waals surface area contributed by atoms with Gasteiger partial charge in [-0.25, -0.2) is 23.6 Å². The van der Waals surface area contributed by atoms with Gasteiger partial charge in [-0.05, 0) is 49.4 Å². The van der Waals surface area contributed by atoms with Crippen molar-refractivity contribution in [3.8, 4) is 17.1 Å². The number of ether oxygens (including phenoxy) is 2. The molecule has 10 heteroatoms. The van der Waals surface area contributed by atoms with Crippen molar-refractivity contribution in [3.05, 3.63) is 58.9 Å². The molecule has 1 heterocycles. The molecule has 0 saturated heterocycles. The Bertz CT molecular complexity index is 1020. The maximum absolute atomic E-state index is 8.49. The summed E-state index contributed by atoms with van der Waals surface area (Å²) in [6, 6.07) is 15.5.